The number of Topliss-reactive ketones (excluding diaryl/α,β-unsaturated/α-hetero) is 1. The van der Waals surface area contributed by atoms with Crippen molar-refractivity contribution in [2.75, 3.05) is 26.2 Å². The zero-order valence-electron chi connectivity index (χ0n) is 13.1. The topological polar surface area (TPSA) is 49.4 Å². The Morgan fingerprint density at radius 3 is 1.91 bits per heavy atom. The Hall–Kier alpha value is -0.381. The molecule has 23 heavy (non-hydrogen) atoms. The molecule has 10 radical (unpaired) electrons. The quantitative estimate of drug-likeness (QED) is 0.772. The van der Waals surface area contributed by atoms with Gasteiger partial charge in [-0.05, 0) is 57.8 Å². The zero-order chi connectivity index (χ0) is 15.6. The van der Waals surface area contributed by atoms with Crippen molar-refractivity contribution in [2.45, 2.75) is 12.8 Å². The standard InChI is InChI=1S/C13H17N2O2.C5H5.Fe/c16-12(11-3-1-2-4-11)5-6-13(17)15-9-7-14-8-10-15;1-2-4-5-3-1;/h1-4,14H,5-10H2;1-5H;/q;;+2. The summed E-state index contributed by atoms with van der Waals surface area (Å²) in [6.07, 6.45) is 17.9. The molecule has 0 spiro atoms. The van der Waals surface area contributed by atoms with Crippen LogP contribution in [0.4, 0.5) is 0 Å². The van der Waals surface area contributed by atoms with E-state index in [0.29, 0.717) is 18.8 Å². The molecule has 1 N–H and O–H groups in total. The van der Waals surface area contributed by atoms with Crippen LogP contribution in [0.15, 0.2) is 0 Å². The van der Waals surface area contributed by atoms with Crippen molar-refractivity contribution >= 4 is 11.7 Å². The summed E-state index contributed by atoms with van der Waals surface area (Å²) < 4.78 is 0. The molecule has 1 aliphatic heterocycles. The molecule has 0 unspecified atom stereocenters. The summed E-state index contributed by atoms with van der Waals surface area (Å²) in [5.74, 6) is 0.850. The minimum absolute atomic E-state index is 0. The molecule has 122 valence electrons. The number of carbonyl (C=O) groups is 2. The van der Waals surface area contributed by atoms with Crippen LogP contribution >= 0.6 is 0 Å². The molecule has 5 heteroatoms. The number of hydrogen-bond acceptors (Lipinski definition) is 3. The fraction of sp³-hybridized carbons (Fsp3) is 0.333. The Bertz CT molecular complexity index is 339. The van der Waals surface area contributed by atoms with Crippen LogP contribution in [-0.2, 0) is 26.7 Å². The normalized spacial score (nSPS) is 21.3. The Balaban J connectivity index is 0.000000377. The second kappa shape index (κ2) is 12.0. The first-order valence-corrected chi connectivity index (χ1v) is 7.67. The maximum absolute atomic E-state index is 11.8. The smallest absolute Gasteiger partial charge is 0.340 e. The number of nitrogens with one attached hydrogen (secondary N) is 1. The van der Waals surface area contributed by atoms with Crippen molar-refractivity contribution in [3.63, 3.8) is 0 Å². The van der Waals surface area contributed by atoms with E-state index in [2.05, 4.69) is 5.32 Å². The molecule has 0 aromatic heterocycles. The van der Waals surface area contributed by atoms with Gasteiger partial charge in [-0.15, -0.1) is 0 Å². The predicted molar refractivity (Wildman–Crippen MR) is 85.6 cm³/mol. The summed E-state index contributed by atoms with van der Waals surface area (Å²) in [4.78, 5) is 25.4. The summed E-state index contributed by atoms with van der Waals surface area (Å²) in [7, 11) is 0. The SMILES string of the molecule is O=C(CCC(=O)N1CCNCC1)[C]1[CH][CH][CH][CH]1.[CH]1[CH][CH][CH][CH]1.[Fe+2]. The van der Waals surface area contributed by atoms with Gasteiger partial charge < -0.3 is 10.2 Å². The van der Waals surface area contributed by atoms with Crippen LogP contribution in [-0.4, -0.2) is 42.8 Å². The molecular formula is C18H22FeN2O2+2. The minimum atomic E-state index is 0. The van der Waals surface area contributed by atoms with E-state index in [9.17, 15) is 9.59 Å². The number of carbonyl (C=O) groups excluding carboxylic acids is 2. The zero-order valence-corrected chi connectivity index (χ0v) is 14.2. The van der Waals surface area contributed by atoms with E-state index in [0.717, 1.165) is 26.2 Å². The first-order chi connectivity index (χ1) is 10.8. The molecule has 1 saturated heterocycles. The largest absolute Gasteiger partial charge is 2.00 e. The van der Waals surface area contributed by atoms with Gasteiger partial charge in [-0.25, -0.2) is 0 Å². The molecule has 4 nitrogen and oxygen atoms in total. The van der Waals surface area contributed by atoms with Gasteiger partial charge in [0.05, 0.1) is 0 Å². The van der Waals surface area contributed by atoms with Crippen molar-refractivity contribution < 1.29 is 26.7 Å². The van der Waals surface area contributed by atoms with Crippen LogP contribution in [0, 0.1) is 63.7 Å². The fourth-order valence-corrected chi connectivity index (χ4v) is 2.32. The van der Waals surface area contributed by atoms with Crippen LogP contribution in [0.3, 0.4) is 0 Å². The van der Waals surface area contributed by atoms with Gasteiger partial charge in [0.2, 0.25) is 5.91 Å². The summed E-state index contributed by atoms with van der Waals surface area (Å²) in [6.45, 7) is 3.21. The van der Waals surface area contributed by atoms with Gasteiger partial charge in [0.1, 0.15) is 5.78 Å². The molecule has 3 aliphatic rings. The first-order valence-electron chi connectivity index (χ1n) is 7.67. The second-order valence-corrected chi connectivity index (χ2v) is 5.19. The predicted octanol–water partition coefficient (Wildman–Crippen LogP) is 1.19. The third kappa shape index (κ3) is 7.82. The molecule has 0 bridgehead atoms. The van der Waals surface area contributed by atoms with E-state index in [1.54, 1.807) is 12.8 Å². The van der Waals surface area contributed by atoms with Crippen LogP contribution < -0.4 is 5.32 Å². The van der Waals surface area contributed by atoms with E-state index in [4.69, 9.17) is 0 Å². The Morgan fingerprint density at radius 2 is 1.39 bits per heavy atom. The molecule has 2 saturated carbocycles. The molecule has 2 aliphatic carbocycles. The number of ketones is 1. The number of nitrogens with zero attached hydrogens (tertiary/aromatic N) is 1. The Labute approximate surface area is 151 Å². The van der Waals surface area contributed by atoms with Crippen molar-refractivity contribution in [3.8, 4) is 0 Å². The third-order valence-electron chi connectivity index (χ3n) is 3.58. The number of piperazine rings is 1. The summed E-state index contributed by atoms with van der Waals surface area (Å²) in [6, 6.07) is 0. The van der Waals surface area contributed by atoms with E-state index in [1.165, 1.54) is 0 Å². The fourth-order valence-electron chi connectivity index (χ4n) is 2.32. The van der Waals surface area contributed by atoms with Crippen LogP contribution in [0.25, 0.3) is 0 Å². The van der Waals surface area contributed by atoms with E-state index >= 15 is 0 Å². The molecule has 1 amide bonds. The molecule has 1 heterocycles. The summed E-state index contributed by atoms with van der Waals surface area (Å²) in [5.41, 5.74) is 0. The third-order valence-corrected chi connectivity index (χ3v) is 3.58. The monoisotopic (exact) mass is 354 g/mol. The van der Waals surface area contributed by atoms with Crippen molar-refractivity contribution in [1.29, 1.82) is 0 Å². The number of hydrogen-bond donors (Lipinski definition) is 1. The Kier molecular flexibility index (Phi) is 10.8. The molecule has 0 aromatic rings. The van der Waals surface area contributed by atoms with Gasteiger partial charge in [0.25, 0.3) is 0 Å². The molecular weight excluding hydrogens is 332 g/mol. The van der Waals surface area contributed by atoms with Crippen LogP contribution in [0.1, 0.15) is 12.8 Å². The first kappa shape index (κ1) is 20.7. The average Bonchev–Trinajstić information content (AvgIpc) is 3.28. The van der Waals surface area contributed by atoms with E-state index in [-0.39, 0.29) is 28.8 Å². The van der Waals surface area contributed by atoms with Gasteiger partial charge in [0, 0.05) is 44.9 Å². The summed E-state index contributed by atoms with van der Waals surface area (Å²) >= 11 is 0. The number of amides is 1. The van der Waals surface area contributed by atoms with Crippen LogP contribution in [0.2, 0.25) is 0 Å². The number of rotatable bonds is 4. The van der Waals surface area contributed by atoms with Crippen molar-refractivity contribution in [3.05, 3.63) is 63.7 Å². The van der Waals surface area contributed by atoms with E-state index in [1.807, 2.05) is 49.8 Å². The van der Waals surface area contributed by atoms with Gasteiger partial charge in [-0.3, -0.25) is 9.59 Å². The van der Waals surface area contributed by atoms with Crippen molar-refractivity contribution in [2.24, 2.45) is 0 Å². The van der Waals surface area contributed by atoms with Crippen molar-refractivity contribution in [1.82, 2.24) is 10.2 Å². The van der Waals surface area contributed by atoms with Crippen LogP contribution in [0.5, 0.6) is 0 Å². The molecule has 0 atom stereocenters. The maximum atomic E-state index is 11.8. The molecule has 3 rings (SSSR count). The van der Waals surface area contributed by atoms with Gasteiger partial charge >= 0.3 is 17.1 Å². The van der Waals surface area contributed by atoms with Gasteiger partial charge in [-0.2, -0.15) is 0 Å². The molecule has 3 fully saturated rings. The molecule has 0 aromatic carbocycles. The van der Waals surface area contributed by atoms with Gasteiger partial charge in [-0.1, -0.05) is 0 Å². The average molecular weight is 354 g/mol. The maximum Gasteiger partial charge on any atom is 2.00 e. The van der Waals surface area contributed by atoms with Gasteiger partial charge in [0.15, 0.2) is 0 Å². The Morgan fingerprint density at radius 1 is 0.870 bits per heavy atom. The van der Waals surface area contributed by atoms with E-state index < -0.39 is 0 Å². The summed E-state index contributed by atoms with van der Waals surface area (Å²) in [5, 5.41) is 3.20. The minimum Gasteiger partial charge on any atom is -0.340 e. The second-order valence-electron chi connectivity index (χ2n) is 5.19.